The zero-order chi connectivity index (χ0) is 24.1. The van der Waals surface area contributed by atoms with Gasteiger partial charge in [0.25, 0.3) is 5.56 Å². The zero-order valence-electron chi connectivity index (χ0n) is 18.7. The van der Waals surface area contributed by atoms with Crippen molar-refractivity contribution in [2.75, 3.05) is 6.54 Å². The molecule has 2 aromatic heterocycles. The van der Waals surface area contributed by atoms with Crippen molar-refractivity contribution in [3.8, 4) is 5.75 Å². The highest BCUT2D eigenvalue weighted by molar-refractivity contribution is 7.09. The number of H-pyrrole nitrogens is 1. The van der Waals surface area contributed by atoms with Crippen LogP contribution < -0.4 is 10.3 Å². The third kappa shape index (κ3) is 5.89. The predicted molar refractivity (Wildman–Crippen MR) is 135 cm³/mol. The van der Waals surface area contributed by atoms with Crippen LogP contribution in [0.2, 0.25) is 5.02 Å². The number of halogens is 1. The summed E-state index contributed by atoms with van der Waals surface area (Å²) in [5.41, 5.74) is 1.96. The van der Waals surface area contributed by atoms with Crippen LogP contribution in [0.25, 0.3) is 17.0 Å². The zero-order valence-corrected chi connectivity index (χ0v) is 20.3. The summed E-state index contributed by atoms with van der Waals surface area (Å²) in [6.45, 7) is 4.85. The first-order valence-corrected chi connectivity index (χ1v) is 12.0. The molecule has 2 heterocycles. The lowest BCUT2D eigenvalue weighted by Gasteiger charge is -2.18. The van der Waals surface area contributed by atoms with E-state index in [0.29, 0.717) is 40.7 Å². The van der Waals surface area contributed by atoms with E-state index in [1.165, 1.54) is 6.08 Å². The molecule has 1 amide bonds. The van der Waals surface area contributed by atoms with Gasteiger partial charge < -0.3 is 14.6 Å². The molecule has 0 radical (unpaired) electrons. The summed E-state index contributed by atoms with van der Waals surface area (Å²) < 4.78 is 5.82. The highest BCUT2D eigenvalue weighted by Gasteiger charge is 2.12. The number of rotatable bonds is 8. The third-order valence-electron chi connectivity index (χ3n) is 5.08. The van der Waals surface area contributed by atoms with E-state index in [4.69, 9.17) is 16.3 Å². The Bertz CT molecular complexity index is 1410. The SMILES string of the molecule is CCN(Cc1nc2cc(Cl)ccc2c(=O)[nH]1)C(=O)/C=C/c1cccc(OCc2csc(C)n2)c1. The first-order valence-electron chi connectivity index (χ1n) is 10.7. The molecule has 0 bridgehead atoms. The van der Waals surface area contributed by atoms with Gasteiger partial charge in [0.05, 0.1) is 28.1 Å². The van der Waals surface area contributed by atoms with Crippen molar-refractivity contribution in [2.24, 2.45) is 0 Å². The van der Waals surface area contributed by atoms with Gasteiger partial charge in [-0.2, -0.15) is 0 Å². The van der Waals surface area contributed by atoms with Crippen molar-refractivity contribution >= 4 is 45.8 Å². The molecule has 4 aromatic rings. The van der Waals surface area contributed by atoms with Gasteiger partial charge in [-0.25, -0.2) is 9.97 Å². The Morgan fingerprint density at radius 2 is 2.09 bits per heavy atom. The number of aryl methyl sites for hydroxylation is 1. The number of thiazole rings is 1. The van der Waals surface area contributed by atoms with Gasteiger partial charge >= 0.3 is 0 Å². The van der Waals surface area contributed by atoms with Gasteiger partial charge in [0.1, 0.15) is 18.2 Å². The van der Waals surface area contributed by atoms with Crippen molar-refractivity contribution in [3.05, 3.63) is 91.4 Å². The second-order valence-electron chi connectivity index (χ2n) is 7.58. The van der Waals surface area contributed by atoms with Gasteiger partial charge in [0.15, 0.2) is 0 Å². The number of ether oxygens (including phenoxy) is 1. The topological polar surface area (TPSA) is 88.2 Å². The number of nitrogens with zero attached hydrogens (tertiary/aromatic N) is 3. The molecule has 34 heavy (non-hydrogen) atoms. The van der Waals surface area contributed by atoms with Crippen molar-refractivity contribution in [2.45, 2.75) is 27.0 Å². The van der Waals surface area contributed by atoms with Crippen LogP contribution in [-0.4, -0.2) is 32.3 Å². The number of carbonyl (C=O) groups excluding carboxylic acids is 1. The van der Waals surface area contributed by atoms with Crippen LogP contribution in [0.3, 0.4) is 0 Å². The molecule has 1 N–H and O–H groups in total. The molecule has 0 aliphatic heterocycles. The number of aromatic amines is 1. The number of likely N-dealkylation sites (N-methyl/N-ethyl adjacent to an activating group) is 1. The van der Waals surface area contributed by atoms with E-state index in [-0.39, 0.29) is 18.0 Å². The van der Waals surface area contributed by atoms with E-state index in [1.54, 1.807) is 40.5 Å². The number of hydrogen-bond acceptors (Lipinski definition) is 6. The summed E-state index contributed by atoms with van der Waals surface area (Å²) in [5, 5.41) is 3.93. The molecule has 7 nitrogen and oxygen atoms in total. The van der Waals surface area contributed by atoms with Crippen LogP contribution in [0.5, 0.6) is 5.75 Å². The lowest BCUT2D eigenvalue weighted by atomic mass is 10.2. The van der Waals surface area contributed by atoms with Crippen LogP contribution in [0.4, 0.5) is 0 Å². The third-order valence-corrected chi connectivity index (χ3v) is 6.14. The standard InChI is InChI=1S/C25H23ClN4O3S/c1-3-30(13-23-28-22-12-18(26)8-9-21(22)25(32)29-23)24(31)10-7-17-5-4-6-20(11-17)33-14-19-15-34-16(2)27-19/h4-12,15H,3,13-14H2,1-2H3,(H,28,29,32)/b10-7+. The average molecular weight is 495 g/mol. The van der Waals surface area contributed by atoms with Crippen molar-refractivity contribution in [3.63, 3.8) is 0 Å². The van der Waals surface area contributed by atoms with Crippen molar-refractivity contribution in [1.82, 2.24) is 19.9 Å². The molecule has 0 aliphatic rings. The van der Waals surface area contributed by atoms with E-state index >= 15 is 0 Å². The Morgan fingerprint density at radius 3 is 2.85 bits per heavy atom. The molecule has 0 aliphatic carbocycles. The maximum atomic E-state index is 12.8. The average Bonchev–Trinajstić information content (AvgIpc) is 3.24. The van der Waals surface area contributed by atoms with E-state index in [2.05, 4.69) is 15.0 Å². The Morgan fingerprint density at radius 1 is 1.24 bits per heavy atom. The smallest absolute Gasteiger partial charge is 0.258 e. The summed E-state index contributed by atoms with van der Waals surface area (Å²) in [4.78, 5) is 38.4. The minimum Gasteiger partial charge on any atom is -0.487 e. The van der Waals surface area contributed by atoms with Crippen molar-refractivity contribution in [1.29, 1.82) is 0 Å². The van der Waals surface area contributed by atoms with Gasteiger partial charge in [0, 0.05) is 23.0 Å². The number of hydrogen-bond donors (Lipinski definition) is 1. The first-order chi connectivity index (χ1) is 16.4. The molecule has 0 fully saturated rings. The largest absolute Gasteiger partial charge is 0.487 e. The molecule has 0 saturated carbocycles. The molecule has 4 rings (SSSR count). The van der Waals surface area contributed by atoms with Crippen LogP contribution in [-0.2, 0) is 17.9 Å². The number of benzene rings is 2. The van der Waals surface area contributed by atoms with Crippen molar-refractivity contribution < 1.29 is 9.53 Å². The molecule has 9 heteroatoms. The Labute approximate surface area is 205 Å². The lowest BCUT2D eigenvalue weighted by Crippen LogP contribution is -2.30. The fourth-order valence-electron chi connectivity index (χ4n) is 3.37. The first kappa shape index (κ1) is 23.7. The summed E-state index contributed by atoms with van der Waals surface area (Å²) in [6.07, 6.45) is 3.24. The highest BCUT2D eigenvalue weighted by Crippen LogP contribution is 2.18. The molecule has 2 aromatic carbocycles. The highest BCUT2D eigenvalue weighted by atomic mass is 35.5. The minimum atomic E-state index is -0.264. The number of nitrogens with one attached hydrogen (secondary N) is 1. The molecular formula is C25H23ClN4O3S. The quantitative estimate of drug-likeness (QED) is 0.349. The van der Waals surface area contributed by atoms with Gasteiger partial charge in [-0.1, -0.05) is 23.7 Å². The van der Waals surface area contributed by atoms with Gasteiger partial charge in [0.2, 0.25) is 5.91 Å². The Balaban J connectivity index is 1.43. The Hall–Kier alpha value is -3.49. The summed E-state index contributed by atoms with van der Waals surface area (Å²) in [7, 11) is 0. The molecule has 0 saturated heterocycles. The van der Waals surface area contributed by atoms with Crippen LogP contribution in [0, 0.1) is 6.92 Å². The van der Waals surface area contributed by atoms with E-state index in [0.717, 1.165) is 16.3 Å². The monoisotopic (exact) mass is 494 g/mol. The van der Waals surface area contributed by atoms with E-state index < -0.39 is 0 Å². The van der Waals surface area contributed by atoms with E-state index in [1.807, 2.05) is 43.5 Å². The fraction of sp³-hybridized carbons (Fsp3) is 0.200. The maximum absolute atomic E-state index is 12.8. The number of carbonyl (C=O) groups is 1. The fourth-order valence-corrected chi connectivity index (χ4v) is 4.14. The maximum Gasteiger partial charge on any atom is 0.258 e. The molecule has 0 unspecified atom stereocenters. The van der Waals surface area contributed by atoms with Gasteiger partial charge in [-0.05, 0) is 55.8 Å². The molecular weight excluding hydrogens is 472 g/mol. The lowest BCUT2D eigenvalue weighted by molar-refractivity contribution is -0.126. The summed E-state index contributed by atoms with van der Waals surface area (Å²) >= 11 is 7.62. The molecule has 174 valence electrons. The second kappa shape index (κ2) is 10.6. The molecule has 0 atom stereocenters. The number of aromatic nitrogens is 3. The number of fused-ring (bicyclic) bond motifs is 1. The summed E-state index contributed by atoms with van der Waals surface area (Å²) in [6, 6.07) is 12.4. The molecule has 0 spiro atoms. The van der Waals surface area contributed by atoms with Gasteiger partial charge in [-0.3, -0.25) is 9.59 Å². The van der Waals surface area contributed by atoms with Crippen LogP contribution in [0.15, 0.2) is 58.7 Å². The number of amides is 1. The normalized spacial score (nSPS) is 11.3. The minimum absolute atomic E-state index is 0.174. The second-order valence-corrected chi connectivity index (χ2v) is 9.08. The van der Waals surface area contributed by atoms with Gasteiger partial charge in [-0.15, -0.1) is 11.3 Å². The summed E-state index contributed by atoms with van der Waals surface area (Å²) in [5.74, 6) is 0.904. The Kier molecular flexibility index (Phi) is 7.40. The van der Waals surface area contributed by atoms with E-state index in [9.17, 15) is 9.59 Å². The van der Waals surface area contributed by atoms with Crippen LogP contribution >= 0.6 is 22.9 Å². The predicted octanol–water partition coefficient (Wildman–Crippen LogP) is 4.98. The van der Waals surface area contributed by atoms with Crippen LogP contribution in [0.1, 0.15) is 29.0 Å².